The summed E-state index contributed by atoms with van der Waals surface area (Å²) in [6, 6.07) is 21.6. The van der Waals surface area contributed by atoms with Gasteiger partial charge in [0.05, 0.1) is 0 Å². The predicted molar refractivity (Wildman–Crippen MR) is 129 cm³/mol. The number of carbonyl (C=O) groups excluding carboxylic acids is 1. The summed E-state index contributed by atoms with van der Waals surface area (Å²) < 4.78 is 1.91. The highest BCUT2D eigenvalue weighted by Gasteiger charge is 2.12. The van der Waals surface area contributed by atoms with Gasteiger partial charge >= 0.3 is 0 Å². The Morgan fingerprint density at radius 1 is 1.00 bits per heavy atom. The van der Waals surface area contributed by atoms with Gasteiger partial charge in [0.15, 0.2) is 0 Å². The van der Waals surface area contributed by atoms with E-state index in [0.29, 0.717) is 12.1 Å². The lowest BCUT2D eigenvalue weighted by Gasteiger charge is -2.10. The lowest BCUT2D eigenvalue weighted by Crippen LogP contribution is -2.13. The van der Waals surface area contributed by atoms with Crippen LogP contribution in [0.25, 0.3) is 6.08 Å². The van der Waals surface area contributed by atoms with Gasteiger partial charge in [0.1, 0.15) is 11.6 Å². The van der Waals surface area contributed by atoms with Crippen LogP contribution in [-0.4, -0.2) is 5.91 Å². The maximum atomic E-state index is 12.7. The van der Waals surface area contributed by atoms with Crippen molar-refractivity contribution in [3.05, 3.63) is 103 Å². The average molecular weight is 524 g/mol. The normalized spacial score (nSPS) is 11.1. The number of hydrogen-bond acceptors (Lipinski definition) is 2. The second-order valence-corrected chi connectivity index (χ2v) is 8.80. The molecule has 0 saturated carbocycles. The SMILES string of the molecule is Cc1ccc(NC(=O)/C(C#N)=C/c2cc(Br)ccc2Cc2ccccc2Br)cc1C. The van der Waals surface area contributed by atoms with E-state index in [4.69, 9.17) is 0 Å². The first-order valence-electron chi connectivity index (χ1n) is 9.39. The van der Waals surface area contributed by atoms with Gasteiger partial charge in [-0.15, -0.1) is 0 Å². The maximum Gasteiger partial charge on any atom is 0.266 e. The number of nitrogens with one attached hydrogen (secondary N) is 1. The molecule has 1 N–H and O–H groups in total. The minimum Gasteiger partial charge on any atom is -0.321 e. The van der Waals surface area contributed by atoms with E-state index in [1.807, 2.05) is 74.5 Å². The van der Waals surface area contributed by atoms with Crippen molar-refractivity contribution in [3.63, 3.8) is 0 Å². The first kappa shape index (κ1) is 22.0. The minimum atomic E-state index is -0.424. The van der Waals surface area contributed by atoms with Crippen LogP contribution >= 0.6 is 31.9 Å². The first-order valence-corrected chi connectivity index (χ1v) is 11.0. The maximum absolute atomic E-state index is 12.7. The molecule has 3 aromatic carbocycles. The van der Waals surface area contributed by atoms with Gasteiger partial charge in [-0.05, 0) is 84.5 Å². The molecule has 3 rings (SSSR count). The molecular weight excluding hydrogens is 504 g/mol. The average Bonchev–Trinajstić information content (AvgIpc) is 2.72. The fraction of sp³-hybridized carbons (Fsp3) is 0.120. The number of anilines is 1. The number of nitrogens with zero attached hydrogens (tertiary/aromatic N) is 1. The molecule has 5 heteroatoms. The van der Waals surface area contributed by atoms with E-state index in [1.165, 1.54) is 0 Å². The number of aryl methyl sites for hydroxylation is 2. The fourth-order valence-corrected chi connectivity index (χ4v) is 3.83. The predicted octanol–water partition coefficient (Wildman–Crippen LogP) is 6.96. The Labute approximate surface area is 193 Å². The monoisotopic (exact) mass is 522 g/mol. The van der Waals surface area contributed by atoms with E-state index in [-0.39, 0.29) is 5.57 Å². The Morgan fingerprint density at radius 3 is 2.47 bits per heavy atom. The summed E-state index contributed by atoms with van der Waals surface area (Å²) in [4.78, 5) is 12.7. The number of benzene rings is 3. The lowest BCUT2D eigenvalue weighted by atomic mass is 9.98. The zero-order valence-corrected chi connectivity index (χ0v) is 19.8. The number of hydrogen-bond donors (Lipinski definition) is 1. The zero-order valence-electron chi connectivity index (χ0n) is 16.7. The molecule has 1 amide bonds. The van der Waals surface area contributed by atoms with Gasteiger partial charge in [0.25, 0.3) is 5.91 Å². The highest BCUT2D eigenvalue weighted by atomic mass is 79.9. The third-order valence-corrected chi connectivity index (χ3v) is 6.14. The Kier molecular flexibility index (Phi) is 7.25. The Bertz CT molecular complexity index is 1180. The second kappa shape index (κ2) is 9.88. The number of amides is 1. The summed E-state index contributed by atoms with van der Waals surface area (Å²) in [6.07, 6.45) is 2.32. The molecule has 0 unspecified atom stereocenters. The summed E-state index contributed by atoms with van der Waals surface area (Å²) in [5.41, 5.74) is 5.94. The van der Waals surface area contributed by atoms with Crippen molar-refractivity contribution < 1.29 is 4.79 Å². The fourth-order valence-electron chi connectivity index (χ4n) is 3.03. The van der Waals surface area contributed by atoms with Gasteiger partial charge in [-0.2, -0.15) is 5.26 Å². The topological polar surface area (TPSA) is 52.9 Å². The number of carbonyl (C=O) groups is 1. The molecule has 0 fully saturated rings. The zero-order chi connectivity index (χ0) is 21.7. The summed E-state index contributed by atoms with van der Waals surface area (Å²) >= 11 is 7.08. The first-order chi connectivity index (χ1) is 14.4. The van der Waals surface area contributed by atoms with Crippen LogP contribution in [0.4, 0.5) is 5.69 Å². The van der Waals surface area contributed by atoms with Crippen molar-refractivity contribution in [1.82, 2.24) is 0 Å². The summed E-state index contributed by atoms with van der Waals surface area (Å²) in [5.74, 6) is -0.424. The lowest BCUT2D eigenvalue weighted by molar-refractivity contribution is -0.112. The van der Waals surface area contributed by atoms with Crippen LogP contribution in [0.2, 0.25) is 0 Å². The summed E-state index contributed by atoms with van der Waals surface area (Å²) in [6.45, 7) is 4.00. The molecular formula is C25H20Br2N2O. The smallest absolute Gasteiger partial charge is 0.266 e. The summed E-state index contributed by atoms with van der Waals surface area (Å²) in [5, 5.41) is 12.5. The molecule has 0 atom stereocenters. The number of halogens is 2. The van der Waals surface area contributed by atoms with Crippen molar-refractivity contribution in [2.24, 2.45) is 0 Å². The molecule has 3 nitrogen and oxygen atoms in total. The highest BCUT2D eigenvalue weighted by molar-refractivity contribution is 9.10. The van der Waals surface area contributed by atoms with Gasteiger partial charge in [0, 0.05) is 14.6 Å². The summed E-state index contributed by atoms with van der Waals surface area (Å²) in [7, 11) is 0. The van der Waals surface area contributed by atoms with Gasteiger partial charge < -0.3 is 5.32 Å². The van der Waals surface area contributed by atoms with E-state index in [9.17, 15) is 10.1 Å². The van der Waals surface area contributed by atoms with Crippen LogP contribution in [0.15, 0.2) is 75.2 Å². The van der Waals surface area contributed by atoms with E-state index in [0.717, 1.165) is 36.8 Å². The highest BCUT2D eigenvalue weighted by Crippen LogP contribution is 2.25. The largest absolute Gasteiger partial charge is 0.321 e. The third-order valence-electron chi connectivity index (χ3n) is 4.88. The van der Waals surface area contributed by atoms with Crippen molar-refractivity contribution in [1.29, 1.82) is 5.26 Å². The van der Waals surface area contributed by atoms with Gasteiger partial charge in [-0.25, -0.2) is 0 Å². The van der Waals surface area contributed by atoms with Crippen LogP contribution < -0.4 is 5.32 Å². The molecule has 0 spiro atoms. The third kappa shape index (κ3) is 5.47. The van der Waals surface area contributed by atoms with E-state index in [1.54, 1.807) is 6.08 Å². The van der Waals surface area contributed by atoms with Crippen molar-refractivity contribution >= 4 is 49.5 Å². The quantitative estimate of drug-likeness (QED) is 0.290. The van der Waals surface area contributed by atoms with Crippen molar-refractivity contribution in [3.8, 4) is 6.07 Å². The van der Waals surface area contributed by atoms with Gasteiger partial charge in [-0.3, -0.25) is 4.79 Å². The van der Waals surface area contributed by atoms with Crippen LogP contribution in [0.3, 0.4) is 0 Å². The molecule has 0 radical (unpaired) electrons. The van der Waals surface area contributed by atoms with Crippen molar-refractivity contribution in [2.75, 3.05) is 5.32 Å². The molecule has 0 aliphatic rings. The van der Waals surface area contributed by atoms with Crippen LogP contribution in [-0.2, 0) is 11.2 Å². The molecule has 150 valence electrons. The van der Waals surface area contributed by atoms with Crippen LogP contribution in [0.1, 0.15) is 27.8 Å². The molecule has 0 aliphatic carbocycles. The van der Waals surface area contributed by atoms with E-state index >= 15 is 0 Å². The van der Waals surface area contributed by atoms with E-state index in [2.05, 4.69) is 43.2 Å². The number of nitriles is 1. The molecule has 0 saturated heterocycles. The second-order valence-electron chi connectivity index (χ2n) is 7.03. The Hall–Kier alpha value is -2.68. The molecule has 0 heterocycles. The molecule has 3 aromatic rings. The molecule has 0 aliphatic heterocycles. The Balaban J connectivity index is 1.92. The molecule has 0 bridgehead atoms. The van der Waals surface area contributed by atoms with Crippen LogP contribution in [0.5, 0.6) is 0 Å². The van der Waals surface area contributed by atoms with E-state index < -0.39 is 5.91 Å². The minimum absolute atomic E-state index is 0.0553. The number of rotatable bonds is 5. The Morgan fingerprint density at radius 2 is 1.77 bits per heavy atom. The standard InChI is InChI=1S/C25H20Br2N2O/c1-16-7-10-23(11-17(16)2)29-25(30)21(15-28)13-20-14-22(26)9-8-18(20)12-19-5-3-4-6-24(19)27/h3-11,13-14H,12H2,1-2H3,(H,29,30)/b21-13+. The molecule has 30 heavy (non-hydrogen) atoms. The molecule has 0 aromatic heterocycles. The van der Waals surface area contributed by atoms with Crippen molar-refractivity contribution in [2.45, 2.75) is 20.3 Å². The van der Waals surface area contributed by atoms with Gasteiger partial charge in [0.2, 0.25) is 0 Å². The van der Waals surface area contributed by atoms with Gasteiger partial charge in [-0.1, -0.05) is 62.2 Å². The van der Waals surface area contributed by atoms with Crippen LogP contribution in [0, 0.1) is 25.2 Å².